The van der Waals surface area contributed by atoms with Gasteiger partial charge < -0.3 is 4.57 Å². The molecule has 5 nitrogen and oxygen atoms in total. The van der Waals surface area contributed by atoms with Crippen LogP contribution in [0.5, 0.6) is 0 Å². The second kappa shape index (κ2) is 8.08. The molecule has 0 unspecified atom stereocenters. The number of pyridine rings is 1. The molecule has 1 atom stereocenters. The molecule has 180 valence electrons. The average Bonchev–Trinajstić information content (AvgIpc) is 3.07. The van der Waals surface area contributed by atoms with Crippen LogP contribution >= 0.6 is 11.6 Å². The number of aromatic nitrogens is 3. The third kappa shape index (κ3) is 3.93. The fourth-order valence-corrected chi connectivity index (χ4v) is 3.95. The van der Waals surface area contributed by atoms with Gasteiger partial charge in [-0.3, -0.25) is 4.98 Å². The predicted molar refractivity (Wildman–Crippen MR) is 93.7 cm³/mol. The summed E-state index contributed by atoms with van der Waals surface area (Å²) < 4.78 is 144. The second-order valence-corrected chi connectivity index (χ2v) is 9.13. The van der Waals surface area contributed by atoms with Gasteiger partial charge in [0.1, 0.15) is 11.1 Å². The van der Waals surface area contributed by atoms with Crippen LogP contribution in [0.3, 0.4) is 0 Å². The van der Waals surface area contributed by atoms with E-state index in [1.807, 2.05) is 0 Å². The lowest BCUT2D eigenvalue weighted by molar-refractivity contribution is -0.396. The maximum Gasteiger partial charge on any atom is 0.460 e. The van der Waals surface area contributed by atoms with Crippen molar-refractivity contribution in [2.24, 2.45) is 7.05 Å². The smallest absolute Gasteiger partial charge is 0.328 e. The maximum atomic E-state index is 14.2. The van der Waals surface area contributed by atoms with Crippen LogP contribution in [0.25, 0.3) is 11.5 Å². The molecule has 0 saturated carbocycles. The Kier molecular flexibility index (Phi) is 6.62. The highest BCUT2D eigenvalue weighted by molar-refractivity contribution is 7.91. The first kappa shape index (κ1) is 26.2. The summed E-state index contributed by atoms with van der Waals surface area (Å²) in [7, 11) is -3.04. The van der Waals surface area contributed by atoms with E-state index in [0.29, 0.717) is 10.8 Å². The monoisotopic (exact) mass is 517 g/mol. The molecular weight excluding hydrogens is 505 g/mol. The molecule has 0 aromatic carbocycles. The Morgan fingerprint density at radius 3 is 2.09 bits per heavy atom. The van der Waals surface area contributed by atoms with Gasteiger partial charge in [-0.05, 0) is 12.1 Å². The highest BCUT2D eigenvalue weighted by atomic mass is 35.5. The SMILES string of the molecule is CCS(=O)(=O)c1cccnc1-c1ncc([C@@H](Cl)C(F)(F)C(F)(F)C(F)(F)C(F)(F)F)n1C. The molecule has 0 radical (unpaired) electrons. The van der Waals surface area contributed by atoms with Crippen LogP contribution < -0.4 is 0 Å². The van der Waals surface area contributed by atoms with E-state index in [9.17, 15) is 47.9 Å². The van der Waals surface area contributed by atoms with Crippen molar-refractivity contribution in [1.29, 1.82) is 0 Å². The number of hydrogen-bond acceptors (Lipinski definition) is 4. The Balaban J connectivity index is 2.61. The highest BCUT2D eigenvalue weighted by Gasteiger charge is 2.83. The van der Waals surface area contributed by atoms with Crippen LogP contribution in [0.15, 0.2) is 29.4 Å². The molecule has 2 aromatic rings. The van der Waals surface area contributed by atoms with Crippen LogP contribution in [-0.4, -0.2) is 52.6 Å². The van der Waals surface area contributed by atoms with Gasteiger partial charge in [0.05, 0.1) is 22.5 Å². The van der Waals surface area contributed by atoms with Gasteiger partial charge in [-0.25, -0.2) is 13.4 Å². The summed E-state index contributed by atoms with van der Waals surface area (Å²) in [6.45, 7) is 1.29. The summed E-state index contributed by atoms with van der Waals surface area (Å²) >= 11 is 5.27. The fourth-order valence-electron chi connectivity index (χ4n) is 2.58. The van der Waals surface area contributed by atoms with Crippen molar-refractivity contribution >= 4 is 21.4 Å². The Morgan fingerprint density at radius 2 is 1.59 bits per heavy atom. The molecule has 0 N–H and O–H groups in total. The first-order chi connectivity index (χ1) is 14.3. The van der Waals surface area contributed by atoms with Gasteiger partial charge in [0.25, 0.3) is 0 Å². The summed E-state index contributed by atoms with van der Waals surface area (Å²) in [5, 5.41) is -3.41. The van der Waals surface area contributed by atoms with Crippen LogP contribution in [-0.2, 0) is 16.9 Å². The van der Waals surface area contributed by atoms with Crippen molar-refractivity contribution in [2.45, 2.75) is 41.1 Å². The van der Waals surface area contributed by atoms with Crippen molar-refractivity contribution in [3.05, 3.63) is 30.2 Å². The minimum atomic E-state index is -7.11. The molecule has 0 aliphatic carbocycles. The summed E-state index contributed by atoms with van der Waals surface area (Å²) in [6.07, 6.45) is -5.48. The fraction of sp³-hybridized carbons (Fsp3) is 0.500. The Morgan fingerprint density at radius 1 is 1.03 bits per heavy atom. The number of imidazole rings is 1. The van der Waals surface area contributed by atoms with E-state index in [0.717, 1.165) is 19.3 Å². The zero-order valence-corrected chi connectivity index (χ0v) is 17.5. The molecule has 2 aromatic heterocycles. The van der Waals surface area contributed by atoms with Crippen molar-refractivity contribution in [3.63, 3.8) is 0 Å². The van der Waals surface area contributed by atoms with E-state index in [1.54, 1.807) is 0 Å². The van der Waals surface area contributed by atoms with Gasteiger partial charge in [-0.15, -0.1) is 11.6 Å². The molecule has 0 spiro atoms. The van der Waals surface area contributed by atoms with Gasteiger partial charge in [0, 0.05) is 13.2 Å². The summed E-state index contributed by atoms with van der Waals surface area (Å²) in [6, 6.07) is 2.33. The molecule has 0 saturated heterocycles. The van der Waals surface area contributed by atoms with Gasteiger partial charge in [0.2, 0.25) is 0 Å². The third-order valence-electron chi connectivity index (χ3n) is 4.47. The molecular formula is C16H13ClF9N3O2S. The summed E-state index contributed by atoms with van der Waals surface area (Å²) in [5.41, 5.74) is -1.49. The molecule has 2 rings (SSSR count). The quantitative estimate of drug-likeness (QED) is 0.382. The van der Waals surface area contributed by atoms with Crippen molar-refractivity contribution in [3.8, 4) is 11.5 Å². The molecule has 0 amide bonds. The van der Waals surface area contributed by atoms with Gasteiger partial charge in [-0.2, -0.15) is 39.5 Å². The molecule has 0 aliphatic heterocycles. The van der Waals surface area contributed by atoms with E-state index in [2.05, 4.69) is 9.97 Å². The van der Waals surface area contributed by atoms with Crippen molar-refractivity contribution < 1.29 is 47.9 Å². The average molecular weight is 518 g/mol. The first-order valence-electron chi connectivity index (χ1n) is 8.38. The van der Waals surface area contributed by atoms with E-state index < -0.39 is 67.0 Å². The van der Waals surface area contributed by atoms with Gasteiger partial charge in [-0.1, -0.05) is 6.92 Å². The summed E-state index contributed by atoms with van der Waals surface area (Å²) in [4.78, 5) is 6.95. The Labute approximate surface area is 180 Å². The van der Waals surface area contributed by atoms with Crippen molar-refractivity contribution in [2.75, 3.05) is 5.75 Å². The number of rotatable bonds is 7. The lowest BCUT2D eigenvalue weighted by atomic mass is 9.99. The lowest BCUT2D eigenvalue weighted by Gasteiger charge is -2.35. The molecule has 16 heteroatoms. The number of halogens is 10. The van der Waals surface area contributed by atoms with E-state index >= 15 is 0 Å². The van der Waals surface area contributed by atoms with Crippen LogP contribution in [0.4, 0.5) is 39.5 Å². The number of alkyl halides is 10. The van der Waals surface area contributed by atoms with Crippen molar-refractivity contribution in [1.82, 2.24) is 14.5 Å². The lowest BCUT2D eigenvalue weighted by Crippen LogP contribution is -2.62. The minimum absolute atomic E-state index is 0.400. The highest BCUT2D eigenvalue weighted by Crippen LogP contribution is 2.57. The van der Waals surface area contributed by atoms with Gasteiger partial charge in [0.15, 0.2) is 15.7 Å². The molecule has 2 heterocycles. The first-order valence-corrected chi connectivity index (χ1v) is 10.5. The normalized spacial score (nSPS) is 15.1. The standard InChI is InChI=1S/C16H13ClF9N3O2S/c1-3-32(30,31)9-5-4-6-27-10(9)12-28-7-8(29(12)2)11(17)13(18,19)14(20,21)15(22,23)16(24,25)26/h4-7,11H,3H2,1-2H3/t11-/m1/s1. The summed E-state index contributed by atoms with van der Waals surface area (Å²) in [5.74, 6) is -21.0. The Bertz CT molecular complexity index is 1100. The van der Waals surface area contributed by atoms with Crippen LogP contribution in [0.1, 0.15) is 18.0 Å². The van der Waals surface area contributed by atoms with Crippen LogP contribution in [0.2, 0.25) is 0 Å². The second-order valence-electron chi connectivity index (χ2n) is 6.45. The number of nitrogens with zero attached hydrogens (tertiary/aromatic N) is 3. The largest absolute Gasteiger partial charge is 0.460 e. The predicted octanol–water partition coefficient (Wildman–Crippen LogP) is 5.02. The number of sulfone groups is 1. The zero-order chi connectivity index (χ0) is 24.9. The minimum Gasteiger partial charge on any atom is -0.328 e. The Hall–Kier alpha value is -2.03. The van der Waals surface area contributed by atoms with E-state index in [1.165, 1.54) is 13.0 Å². The van der Waals surface area contributed by atoms with E-state index in [4.69, 9.17) is 11.6 Å². The van der Waals surface area contributed by atoms with E-state index in [-0.39, 0.29) is 0 Å². The topological polar surface area (TPSA) is 64.8 Å². The molecule has 0 aliphatic rings. The molecule has 32 heavy (non-hydrogen) atoms. The zero-order valence-electron chi connectivity index (χ0n) is 15.9. The van der Waals surface area contributed by atoms with Crippen LogP contribution in [0, 0.1) is 0 Å². The third-order valence-corrected chi connectivity index (χ3v) is 6.73. The number of hydrogen-bond donors (Lipinski definition) is 0. The molecule has 0 fully saturated rings. The van der Waals surface area contributed by atoms with Gasteiger partial charge >= 0.3 is 23.9 Å². The maximum absolute atomic E-state index is 14.2. The molecule has 0 bridgehead atoms.